The van der Waals surface area contributed by atoms with Gasteiger partial charge < -0.3 is 14.2 Å². The minimum Gasteiger partial charge on any atom is -0.464 e. The highest BCUT2D eigenvalue weighted by Crippen LogP contribution is 2.21. The van der Waals surface area contributed by atoms with E-state index < -0.39 is 18.0 Å². The summed E-state index contributed by atoms with van der Waals surface area (Å²) in [6, 6.07) is 6.88. The molecular weight excluding hydrogens is 416 g/mol. The third-order valence-corrected chi connectivity index (χ3v) is 4.28. The Kier molecular flexibility index (Phi) is 6.54. The van der Waals surface area contributed by atoms with Gasteiger partial charge in [-0.2, -0.15) is 5.10 Å². The fraction of sp³-hybridized carbons (Fsp3) is 0.222. The van der Waals surface area contributed by atoms with Crippen LogP contribution in [0.3, 0.4) is 0 Å². The van der Waals surface area contributed by atoms with Gasteiger partial charge in [0.2, 0.25) is 0 Å². The molecule has 30 heavy (non-hydrogen) atoms. The highest BCUT2D eigenvalue weighted by Gasteiger charge is 2.34. The molecule has 0 amide bonds. The molecule has 1 aliphatic heterocycles. The summed E-state index contributed by atoms with van der Waals surface area (Å²) >= 11 is 5.88. The molecule has 0 bridgehead atoms. The average Bonchev–Trinajstić information content (AvgIpc) is 3.25. The van der Waals surface area contributed by atoms with Crippen molar-refractivity contribution < 1.29 is 23.8 Å². The molecule has 0 saturated carbocycles. The van der Waals surface area contributed by atoms with Crippen molar-refractivity contribution in [2.45, 2.75) is 6.10 Å². The summed E-state index contributed by atoms with van der Waals surface area (Å²) in [6.07, 6.45) is 2.04. The fourth-order valence-electron chi connectivity index (χ4n) is 2.59. The van der Waals surface area contributed by atoms with Crippen LogP contribution in [0.4, 0.5) is 0 Å². The largest absolute Gasteiger partial charge is 0.464 e. The van der Waals surface area contributed by atoms with Gasteiger partial charge in [-0.1, -0.05) is 11.6 Å². The quantitative estimate of drug-likeness (QED) is 0.661. The molecule has 0 radical (unpaired) electrons. The maximum absolute atomic E-state index is 12.1. The number of nitrogens with zero attached hydrogens (tertiary/aromatic N) is 5. The zero-order chi connectivity index (χ0) is 21.7. The molecular formula is C18H17ClN6O5. The number of aromatic nitrogens is 4. The Hall–Kier alpha value is -3.57. The third-order valence-electron chi connectivity index (χ3n) is 4.03. The molecule has 1 aliphatic rings. The van der Waals surface area contributed by atoms with Gasteiger partial charge in [-0.05, 0) is 41.6 Å². The molecule has 0 spiro atoms. The van der Waals surface area contributed by atoms with Crippen LogP contribution in [0, 0.1) is 0 Å². The standard InChI is InChI=1S/C18H17ClN6O5/c1-28-16-12(14(17(26)29-2)21-22-15(16)18(27)30-3)8-9-13-20-24-25(23-13)11-6-4-10(19)5-7-11/h4-9,16,21H,1-3H3/b9-8-. The van der Waals surface area contributed by atoms with E-state index in [1.54, 1.807) is 24.3 Å². The lowest BCUT2D eigenvalue weighted by atomic mass is 10.0. The number of esters is 2. The Morgan fingerprint density at radius 1 is 1.10 bits per heavy atom. The number of methoxy groups -OCH3 is 3. The zero-order valence-electron chi connectivity index (χ0n) is 16.2. The molecule has 0 saturated heterocycles. The molecule has 156 valence electrons. The molecule has 1 N–H and O–H groups in total. The Morgan fingerprint density at radius 3 is 2.43 bits per heavy atom. The van der Waals surface area contributed by atoms with E-state index in [1.807, 2.05) is 0 Å². The summed E-state index contributed by atoms with van der Waals surface area (Å²) in [7, 11) is 3.80. The summed E-state index contributed by atoms with van der Waals surface area (Å²) in [5.74, 6) is -1.16. The summed E-state index contributed by atoms with van der Waals surface area (Å²) in [4.78, 5) is 25.5. The van der Waals surface area contributed by atoms with Crippen molar-refractivity contribution in [3.63, 3.8) is 0 Å². The van der Waals surface area contributed by atoms with Crippen LogP contribution in [0.15, 0.2) is 46.7 Å². The molecule has 1 aromatic heterocycles. The van der Waals surface area contributed by atoms with Gasteiger partial charge in [-0.3, -0.25) is 5.43 Å². The van der Waals surface area contributed by atoms with Gasteiger partial charge in [0.15, 0.2) is 11.5 Å². The van der Waals surface area contributed by atoms with Crippen molar-refractivity contribution in [3.8, 4) is 5.69 Å². The first-order valence-electron chi connectivity index (χ1n) is 8.49. The molecule has 12 heteroatoms. The van der Waals surface area contributed by atoms with Crippen LogP contribution in [0.1, 0.15) is 5.82 Å². The van der Waals surface area contributed by atoms with Crippen LogP contribution < -0.4 is 5.43 Å². The Balaban J connectivity index is 1.93. The second kappa shape index (κ2) is 9.29. The molecule has 0 aliphatic carbocycles. The topological polar surface area (TPSA) is 130 Å². The molecule has 1 unspecified atom stereocenters. The van der Waals surface area contributed by atoms with Crippen molar-refractivity contribution >= 4 is 35.3 Å². The molecule has 2 heterocycles. The number of ether oxygens (including phenoxy) is 3. The predicted molar refractivity (Wildman–Crippen MR) is 106 cm³/mol. The van der Waals surface area contributed by atoms with Gasteiger partial charge in [0.05, 0.1) is 19.9 Å². The number of rotatable bonds is 6. The first kappa shape index (κ1) is 21.1. The average molecular weight is 433 g/mol. The van der Waals surface area contributed by atoms with Crippen LogP contribution in [-0.4, -0.2) is 65.3 Å². The zero-order valence-corrected chi connectivity index (χ0v) is 17.0. The second-order valence-corrected chi connectivity index (χ2v) is 6.22. The van der Waals surface area contributed by atoms with E-state index in [-0.39, 0.29) is 22.8 Å². The van der Waals surface area contributed by atoms with E-state index >= 15 is 0 Å². The lowest BCUT2D eigenvalue weighted by Crippen LogP contribution is -2.40. The van der Waals surface area contributed by atoms with E-state index in [4.69, 9.17) is 25.8 Å². The van der Waals surface area contributed by atoms with Crippen molar-refractivity contribution in [1.82, 2.24) is 25.6 Å². The summed E-state index contributed by atoms with van der Waals surface area (Å²) in [6.45, 7) is 0. The number of hydrogen-bond donors (Lipinski definition) is 1. The monoisotopic (exact) mass is 432 g/mol. The van der Waals surface area contributed by atoms with E-state index in [0.29, 0.717) is 10.7 Å². The van der Waals surface area contributed by atoms with E-state index in [0.717, 1.165) is 0 Å². The van der Waals surface area contributed by atoms with Crippen molar-refractivity contribution in [2.24, 2.45) is 5.10 Å². The predicted octanol–water partition coefficient (Wildman–Crippen LogP) is 0.903. The second-order valence-electron chi connectivity index (χ2n) is 5.78. The van der Waals surface area contributed by atoms with Gasteiger partial charge in [0.25, 0.3) is 0 Å². The lowest BCUT2D eigenvalue weighted by molar-refractivity contribution is -0.137. The molecule has 1 aromatic carbocycles. The Labute approximate surface area is 175 Å². The highest BCUT2D eigenvalue weighted by atomic mass is 35.5. The molecule has 11 nitrogen and oxygen atoms in total. The Morgan fingerprint density at radius 2 is 1.80 bits per heavy atom. The number of hydrazone groups is 1. The first-order chi connectivity index (χ1) is 14.5. The fourth-order valence-corrected chi connectivity index (χ4v) is 2.72. The number of hydrogen-bond acceptors (Lipinski definition) is 10. The van der Waals surface area contributed by atoms with Crippen LogP contribution in [0.5, 0.6) is 0 Å². The third kappa shape index (κ3) is 4.36. The summed E-state index contributed by atoms with van der Waals surface area (Å²) in [5, 5.41) is 16.6. The maximum atomic E-state index is 12.1. The van der Waals surface area contributed by atoms with Crippen LogP contribution in [-0.2, 0) is 23.8 Å². The van der Waals surface area contributed by atoms with Gasteiger partial charge in [0.1, 0.15) is 11.8 Å². The number of carbonyl (C=O) groups is 2. The van der Waals surface area contributed by atoms with E-state index in [2.05, 4.69) is 25.9 Å². The normalized spacial score (nSPS) is 16.3. The van der Waals surface area contributed by atoms with Crippen LogP contribution in [0.25, 0.3) is 11.8 Å². The van der Waals surface area contributed by atoms with Crippen molar-refractivity contribution in [1.29, 1.82) is 0 Å². The number of carbonyl (C=O) groups excluding carboxylic acids is 2. The minimum absolute atomic E-state index is 0.00153. The number of tetrazole rings is 1. The highest BCUT2D eigenvalue weighted by molar-refractivity contribution is 6.39. The number of nitrogens with one attached hydrogen (secondary N) is 1. The van der Waals surface area contributed by atoms with E-state index in [1.165, 1.54) is 38.3 Å². The first-order valence-corrected chi connectivity index (χ1v) is 8.87. The Bertz CT molecular complexity index is 1040. The molecule has 2 aromatic rings. The number of halogens is 1. The van der Waals surface area contributed by atoms with Gasteiger partial charge in [0, 0.05) is 17.7 Å². The number of benzene rings is 1. The van der Waals surface area contributed by atoms with Gasteiger partial charge in [-0.25, -0.2) is 9.59 Å². The smallest absolute Gasteiger partial charge is 0.357 e. The summed E-state index contributed by atoms with van der Waals surface area (Å²) in [5.41, 5.74) is 3.39. The molecule has 1 atom stereocenters. The minimum atomic E-state index is -0.977. The maximum Gasteiger partial charge on any atom is 0.357 e. The lowest BCUT2D eigenvalue weighted by Gasteiger charge is -2.24. The van der Waals surface area contributed by atoms with Crippen LogP contribution in [0.2, 0.25) is 5.02 Å². The van der Waals surface area contributed by atoms with Gasteiger partial charge in [-0.15, -0.1) is 15.0 Å². The SMILES string of the molecule is COC(=O)C1=NNC(C(=O)OC)=C(/C=C\c2nnn(-c3ccc(Cl)cc3)n2)C1OC. The van der Waals surface area contributed by atoms with Crippen molar-refractivity contribution in [2.75, 3.05) is 21.3 Å². The van der Waals surface area contributed by atoms with Crippen molar-refractivity contribution in [3.05, 3.63) is 52.5 Å². The molecule has 3 rings (SSSR count). The molecule has 0 fully saturated rings. The van der Waals surface area contributed by atoms with Crippen LogP contribution >= 0.6 is 11.6 Å². The summed E-state index contributed by atoms with van der Waals surface area (Å²) < 4.78 is 14.9. The van der Waals surface area contributed by atoms with E-state index in [9.17, 15) is 9.59 Å². The van der Waals surface area contributed by atoms with Gasteiger partial charge >= 0.3 is 11.9 Å².